The van der Waals surface area contributed by atoms with Crippen LogP contribution in [0.5, 0.6) is 11.5 Å². The third-order valence-electron chi connectivity index (χ3n) is 4.95. The molecule has 0 unspecified atom stereocenters. The fourth-order valence-electron chi connectivity index (χ4n) is 3.81. The molecule has 5 aliphatic rings. The van der Waals surface area contributed by atoms with Crippen LogP contribution in [0.2, 0.25) is 0 Å². The van der Waals surface area contributed by atoms with Crippen LogP contribution in [0.4, 0.5) is 0 Å². The summed E-state index contributed by atoms with van der Waals surface area (Å²) in [6.07, 6.45) is 0. The molecule has 144 valence electrons. The van der Waals surface area contributed by atoms with Gasteiger partial charge in [-0.1, -0.05) is 0 Å². The Balaban J connectivity index is 1.42. The van der Waals surface area contributed by atoms with E-state index in [1.165, 1.54) is 0 Å². The summed E-state index contributed by atoms with van der Waals surface area (Å²) >= 11 is 5.41. The van der Waals surface area contributed by atoms with Crippen molar-refractivity contribution in [1.82, 2.24) is 0 Å². The van der Waals surface area contributed by atoms with Crippen molar-refractivity contribution in [3.8, 4) is 11.5 Å². The van der Waals surface area contributed by atoms with Gasteiger partial charge in [-0.05, 0) is 0 Å². The fourth-order valence-corrected chi connectivity index (χ4v) is 7.96. The molecule has 0 aromatic carbocycles. The van der Waals surface area contributed by atoms with Crippen molar-refractivity contribution in [3.63, 3.8) is 0 Å². The molecule has 1 aromatic rings. The number of fused-ring (bicyclic) bond motifs is 1. The number of thioether (sulfide) groups is 2. The number of rotatable bonds is 2. The van der Waals surface area contributed by atoms with Gasteiger partial charge < -0.3 is 28.4 Å². The van der Waals surface area contributed by atoms with E-state index in [1.54, 1.807) is 11.3 Å². The molecule has 5 aliphatic heterocycles. The van der Waals surface area contributed by atoms with Crippen molar-refractivity contribution in [2.45, 2.75) is 10.5 Å². The Hall–Kier alpha value is -1.32. The van der Waals surface area contributed by atoms with E-state index in [4.69, 9.17) is 28.4 Å². The van der Waals surface area contributed by atoms with Crippen molar-refractivity contribution in [2.24, 2.45) is 0 Å². The largest absolute Gasteiger partial charge is 0.490 e. The first-order chi connectivity index (χ1) is 13.4. The van der Waals surface area contributed by atoms with Gasteiger partial charge in [0.15, 0.2) is 23.0 Å². The number of hydrogen-bond donors (Lipinski definition) is 0. The zero-order chi connectivity index (χ0) is 17.8. The van der Waals surface area contributed by atoms with E-state index < -0.39 is 0 Å². The maximum Gasteiger partial charge on any atom is 0.177 e. The zero-order valence-corrected chi connectivity index (χ0v) is 16.9. The summed E-state index contributed by atoms with van der Waals surface area (Å²) in [5, 5.41) is 0.218. The van der Waals surface area contributed by atoms with E-state index in [9.17, 15) is 0 Å². The lowest BCUT2D eigenvalue weighted by atomic mass is 10.2. The summed E-state index contributed by atoms with van der Waals surface area (Å²) < 4.78 is 35.7. The lowest BCUT2D eigenvalue weighted by Crippen LogP contribution is -2.17. The predicted octanol–water partition coefficient (Wildman–Crippen LogP) is 3.61. The Morgan fingerprint density at radius 3 is 1.52 bits per heavy atom. The normalized spacial score (nSPS) is 28.7. The molecule has 0 radical (unpaired) electrons. The monoisotopic (exact) mass is 426 g/mol. The van der Waals surface area contributed by atoms with E-state index >= 15 is 0 Å². The maximum atomic E-state index is 6.08. The van der Waals surface area contributed by atoms with Crippen LogP contribution >= 0.6 is 34.9 Å². The molecule has 0 bridgehead atoms. The van der Waals surface area contributed by atoms with E-state index in [0.29, 0.717) is 39.6 Å². The lowest BCUT2D eigenvalue weighted by molar-refractivity contribution is 0.0638. The number of thiophene rings is 1. The molecule has 2 atom stereocenters. The highest BCUT2D eigenvalue weighted by molar-refractivity contribution is 8.00. The third-order valence-corrected chi connectivity index (χ3v) is 8.95. The number of hydrogen-bond acceptors (Lipinski definition) is 9. The van der Waals surface area contributed by atoms with Crippen LogP contribution in [0, 0.1) is 0 Å². The first kappa shape index (κ1) is 16.6. The highest BCUT2D eigenvalue weighted by Crippen LogP contribution is 2.60. The number of ether oxygens (including phenoxy) is 6. The van der Waals surface area contributed by atoms with Gasteiger partial charge in [0.2, 0.25) is 0 Å². The Morgan fingerprint density at radius 1 is 0.556 bits per heavy atom. The second kappa shape index (κ2) is 6.63. The van der Waals surface area contributed by atoms with Crippen molar-refractivity contribution in [1.29, 1.82) is 0 Å². The van der Waals surface area contributed by atoms with Gasteiger partial charge in [0.05, 0.1) is 21.3 Å². The van der Waals surface area contributed by atoms with E-state index in [0.717, 1.165) is 55.8 Å². The molecule has 27 heavy (non-hydrogen) atoms. The van der Waals surface area contributed by atoms with Crippen LogP contribution < -0.4 is 9.47 Å². The average Bonchev–Trinajstić information content (AvgIpc) is 3.42. The van der Waals surface area contributed by atoms with Gasteiger partial charge in [-0.2, -0.15) is 0 Å². The molecule has 0 fully saturated rings. The second-order valence-corrected chi connectivity index (χ2v) is 9.81. The van der Waals surface area contributed by atoms with Crippen molar-refractivity contribution in [2.75, 3.05) is 51.1 Å². The van der Waals surface area contributed by atoms with Gasteiger partial charge in [-0.3, -0.25) is 0 Å². The van der Waals surface area contributed by atoms with E-state index in [1.807, 2.05) is 23.5 Å². The van der Waals surface area contributed by atoms with Crippen LogP contribution in [0.25, 0.3) is 0 Å². The van der Waals surface area contributed by atoms with Crippen LogP contribution in [0.3, 0.4) is 0 Å². The highest BCUT2D eigenvalue weighted by Gasteiger charge is 2.42. The topological polar surface area (TPSA) is 55.4 Å². The van der Waals surface area contributed by atoms with Crippen LogP contribution in [0.15, 0.2) is 23.0 Å². The van der Waals surface area contributed by atoms with Gasteiger partial charge in [-0.25, -0.2) is 0 Å². The molecule has 1 aromatic heterocycles. The highest BCUT2D eigenvalue weighted by atomic mass is 32.2. The standard InChI is InChI=1S/C18H18O6S3/c1-3-21-11-9(19-1)7-25-15(11)17-13-14(24-6-5-23-13)18(27-17)16-12-10(8-26-16)20-2-4-22-12/h15-16H,1-8H2/t15-,16-/m1/s1. The van der Waals surface area contributed by atoms with Crippen LogP contribution in [-0.2, 0) is 18.9 Å². The Labute approximate surface area is 169 Å². The van der Waals surface area contributed by atoms with Crippen molar-refractivity contribution in [3.05, 3.63) is 32.8 Å². The SMILES string of the molecule is C1COC2=C(CS[C@H]2c2sc([C@@H]3SCC4=C3OCCO4)c3c2OCCO3)O1. The van der Waals surface area contributed by atoms with Gasteiger partial charge >= 0.3 is 0 Å². The smallest absolute Gasteiger partial charge is 0.177 e. The molecule has 0 spiro atoms. The van der Waals surface area contributed by atoms with E-state index in [2.05, 4.69) is 0 Å². The third kappa shape index (κ3) is 2.61. The average molecular weight is 427 g/mol. The molecule has 0 aliphatic carbocycles. The Morgan fingerprint density at radius 2 is 1.00 bits per heavy atom. The van der Waals surface area contributed by atoms with Gasteiger partial charge in [0, 0.05) is 0 Å². The van der Waals surface area contributed by atoms with Gasteiger partial charge in [-0.15, -0.1) is 34.9 Å². The zero-order valence-electron chi connectivity index (χ0n) is 14.5. The first-order valence-electron chi connectivity index (χ1n) is 9.03. The molecule has 9 heteroatoms. The summed E-state index contributed by atoms with van der Waals surface area (Å²) in [6.45, 7) is 3.62. The van der Waals surface area contributed by atoms with Crippen molar-refractivity contribution < 1.29 is 28.4 Å². The molecular formula is C18H18O6S3. The minimum Gasteiger partial charge on any atom is -0.490 e. The predicted molar refractivity (Wildman–Crippen MR) is 104 cm³/mol. The molecule has 0 amide bonds. The van der Waals surface area contributed by atoms with Crippen LogP contribution in [-0.4, -0.2) is 51.1 Å². The molecule has 6 rings (SSSR count). The molecule has 6 heterocycles. The van der Waals surface area contributed by atoms with Gasteiger partial charge in [0.1, 0.15) is 61.7 Å². The van der Waals surface area contributed by atoms with Crippen LogP contribution in [0.1, 0.15) is 20.3 Å². The summed E-state index contributed by atoms with van der Waals surface area (Å²) in [6, 6.07) is 0. The van der Waals surface area contributed by atoms with Crippen molar-refractivity contribution >= 4 is 34.9 Å². The van der Waals surface area contributed by atoms with Gasteiger partial charge in [0.25, 0.3) is 0 Å². The minimum atomic E-state index is 0.109. The minimum absolute atomic E-state index is 0.109. The Kier molecular flexibility index (Phi) is 4.08. The molecule has 0 saturated carbocycles. The summed E-state index contributed by atoms with van der Waals surface area (Å²) in [5.41, 5.74) is 0. The quantitative estimate of drug-likeness (QED) is 0.711. The summed E-state index contributed by atoms with van der Waals surface area (Å²) in [7, 11) is 0. The molecule has 0 saturated heterocycles. The lowest BCUT2D eigenvalue weighted by Gasteiger charge is -2.22. The molecule has 0 N–H and O–H groups in total. The summed E-state index contributed by atoms with van der Waals surface area (Å²) in [4.78, 5) is 2.32. The second-order valence-electron chi connectivity index (χ2n) is 6.54. The molecule has 6 nitrogen and oxygen atoms in total. The Bertz CT molecular complexity index is 778. The first-order valence-corrected chi connectivity index (χ1v) is 11.9. The molecular weight excluding hydrogens is 408 g/mol. The van der Waals surface area contributed by atoms with E-state index in [-0.39, 0.29) is 10.5 Å². The fraction of sp³-hybridized carbons (Fsp3) is 0.556. The summed E-state index contributed by atoms with van der Waals surface area (Å²) in [5.74, 6) is 7.27. The maximum absolute atomic E-state index is 6.08.